The molecule has 0 saturated carbocycles. The number of aromatic nitrogens is 3. The minimum atomic E-state index is -0.395. The molecule has 168 valence electrons. The number of nitrogens with one attached hydrogen (secondary N) is 2. The van der Waals surface area contributed by atoms with Gasteiger partial charge in [0.05, 0.1) is 37.5 Å². The van der Waals surface area contributed by atoms with E-state index in [4.69, 9.17) is 14.5 Å². The van der Waals surface area contributed by atoms with E-state index in [2.05, 4.69) is 20.5 Å². The number of urea groups is 1. The van der Waals surface area contributed by atoms with E-state index in [9.17, 15) is 9.59 Å². The first-order valence-electron chi connectivity index (χ1n) is 10.2. The number of hydrogen-bond donors (Lipinski definition) is 2. The molecule has 0 aromatic carbocycles. The molecule has 0 bridgehead atoms. The maximum atomic E-state index is 12.4. The van der Waals surface area contributed by atoms with Gasteiger partial charge in [0.25, 0.3) is 0 Å². The quantitative estimate of drug-likeness (QED) is 0.627. The lowest BCUT2D eigenvalue weighted by Gasteiger charge is -2.33. The SMILES string of the molecule is COC(=O)N1CCN(Cc2cn3cccc(NC(=O)Nc4ccc(OC)nc4)c3n2)CC1. The lowest BCUT2D eigenvalue weighted by Crippen LogP contribution is -2.48. The van der Waals surface area contributed by atoms with Gasteiger partial charge >= 0.3 is 12.1 Å². The monoisotopic (exact) mass is 439 g/mol. The summed E-state index contributed by atoms with van der Waals surface area (Å²) in [5, 5.41) is 5.58. The molecule has 2 N–H and O–H groups in total. The van der Waals surface area contributed by atoms with Crippen LogP contribution in [0, 0.1) is 0 Å². The van der Waals surface area contributed by atoms with Crippen LogP contribution in [0.4, 0.5) is 21.0 Å². The highest BCUT2D eigenvalue weighted by Gasteiger charge is 2.22. The van der Waals surface area contributed by atoms with Crippen LogP contribution < -0.4 is 15.4 Å². The van der Waals surface area contributed by atoms with Gasteiger partial charge in [-0.15, -0.1) is 0 Å². The Balaban J connectivity index is 1.39. The number of nitrogens with zero attached hydrogens (tertiary/aromatic N) is 5. The van der Waals surface area contributed by atoms with Crippen LogP contribution in [-0.2, 0) is 11.3 Å². The number of carbonyl (C=O) groups excluding carboxylic acids is 2. The summed E-state index contributed by atoms with van der Waals surface area (Å²) in [5.74, 6) is 0.470. The van der Waals surface area contributed by atoms with Crippen molar-refractivity contribution in [1.82, 2.24) is 24.2 Å². The predicted octanol–water partition coefficient (Wildman–Crippen LogP) is 2.27. The normalized spacial score (nSPS) is 14.2. The Labute approximate surface area is 184 Å². The summed E-state index contributed by atoms with van der Waals surface area (Å²) in [7, 11) is 2.93. The van der Waals surface area contributed by atoms with E-state index < -0.39 is 6.03 Å². The van der Waals surface area contributed by atoms with Gasteiger partial charge in [-0.3, -0.25) is 4.90 Å². The van der Waals surface area contributed by atoms with E-state index in [-0.39, 0.29) is 6.09 Å². The molecule has 0 aliphatic carbocycles. The summed E-state index contributed by atoms with van der Waals surface area (Å²) in [5.41, 5.74) is 2.67. The van der Waals surface area contributed by atoms with Crippen LogP contribution in [0.2, 0.25) is 0 Å². The lowest BCUT2D eigenvalue weighted by atomic mass is 10.3. The third-order valence-electron chi connectivity index (χ3n) is 5.17. The summed E-state index contributed by atoms with van der Waals surface area (Å²) in [6, 6.07) is 6.63. The standard InChI is InChI=1S/C21H25N7O4/c1-31-18-6-5-15(12-22-18)24-20(29)25-17-4-3-7-28-14-16(23-19(17)28)13-26-8-10-27(11-9-26)21(30)32-2/h3-7,12,14H,8-11,13H2,1-2H3,(H2,24,25,29). The van der Waals surface area contributed by atoms with Gasteiger partial charge in [0.2, 0.25) is 5.88 Å². The van der Waals surface area contributed by atoms with Crippen molar-refractivity contribution in [3.8, 4) is 5.88 Å². The lowest BCUT2D eigenvalue weighted by molar-refractivity contribution is 0.0885. The van der Waals surface area contributed by atoms with Gasteiger partial charge in [0.15, 0.2) is 5.65 Å². The second kappa shape index (κ2) is 9.52. The molecule has 11 nitrogen and oxygen atoms in total. The summed E-state index contributed by atoms with van der Waals surface area (Å²) >= 11 is 0. The van der Waals surface area contributed by atoms with Gasteiger partial charge in [0.1, 0.15) is 0 Å². The molecular weight excluding hydrogens is 414 g/mol. The predicted molar refractivity (Wildman–Crippen MR) is 118 cm³/mol. The number of anilines is 2. The second-order valence-electron chi connectivity index (χ2n) is 7.29. The van der Waals surface area contributed by atoms with E-state index in [1.807, 2.05) is 22.9 Å². The Morgan fingerprint density at radius 1 is 1.09 bits per heavy atom. The topological polar surface area (TPSA) is 113 Å². The Kier molecular flexibility index (Phi) is 6.36. The van der Waals surface area contributed by atoms with Crippen molar-refractivity contribution in [3.05, 3.63) is 48.5 Å². The fourth-order valence-electron chi connectivity index (χ4n) is 3.54. The van der Waals surface area contributed by atoms with Gasteiger partial charge in [0, 0.05) is 51.2 Å². The number of methoxy groups -OCH3 is 2. The summed E-state index contributed by atoms with van der Waals surface area (Å²) < 4.78 is 11.7. The van der Waals surface area contributed by atoms with E-state index in [0.29, 0.717) is 42.5 Å². The van der Waals surface area contributed by atoms with Crippen molar-refractivity contribution >= 4 is 29.1 Å². The number of rotatable bonds is 5. The number of piperazine rings is 1. The molecule has 0 atom stereocenters. The van der Waals surface area contributed by atoms with Crippen LogP contribution in [0.1, 0.15) is 5.69 Å². The number of ether oxygens (including phenoxy) is 2. The molecule has 4 heterocycles. The minimum absolute atomic E-state index is 0.295. The van der Waals surface area contributed by atoms with Crippen LogP contribution in [0.25, 0.3) is 5.65 Å². The van der Waals surface area contributed by atoms with Crippen molar-refractivity contribution in [2.45, 2.75) is 6.54 Å². The fourth-order valence-corrected chi connectivity index (χ4v) is 3.54. The molecule has 1 fully saturated rings. The molecule has 3 aromatic rings. The number of pyridine rings is 2. The van der Waals surface area contributed by atoms with Gasteiger partial charge in [-0.25, -0.2) is 19.6 Å². The number of fused-ring (bicyclic) bond motifs is 1. The zero-order valence-electron chi connectivity index (χ0n) is 17.9. The maximum absolute atomic E-state index is 12.4. The van der Waals surface area contributed by atoms with Crippen LogP contribution >= 0.6 is 0 Å². The van der Waals surface area contributed by atoms with Crippen molar-refractivity contribution in [2.75, 3.05) is 51.0 Å². The van der Waals surface area contributed by atoms with E-state index >= 15 is 0 Å². The molecule has 11 heteroatoms. The third kappa shape index (κ3) is 4.89. The first-order valence-corrected chi connectivity index (χ1v) is 10.2. The van der Waals surface area contributed by atoms with Crippen LogP contribution in [0.3, 0.4) is 0 Å². The van der Waals surface area contributed by atoms with Crippen LogP contribution in [0.5, 0.6) is 5.88 Å². The minimum Gasteiger partial charge on any atom is -0.481 e. The molecular formula is C21H25N7O4. The Morgan fingerprint density at radius 3 is 2.59 bits per heavy atom. The van der Waals surface area contributed by atoms with Crippen LogP contribution in [0.15, 0.2) is 42.9 Å². The number of hydrogen-bond acceptors (Lipinski definition) is 7. The van der Waals surface area contributed by atoms with Gasteiger partial charge in [-0.2, -0.15) is 0 Å². The highest BCUT2D eigenvalue weighted by atomic mass is 16.5. The molecule has 0 spiro atoms. The van der Waals surface area contributed by atoms with E-state index in [1.165, 1.54) is 20.4 Å². The molecule has 4 rings (SSSR count). The molecule has 0 radical (unpaired) electrons. The molecule has 0 unspecified atom stereocenters. The first kappa shape index (κ1) is 21.4. The number of imidazole rings is 1. The van der Waals surface area contributed by atoms with Crippen molar-refractivity contribution in [1.29, 1.82) is 0 Å². The molecule has 32 heavy (non-hydrogen) atoms. The highest BCUT2D eigenvalue weighted by molar-refractivity contribution is 6.01. The highest BCUT2D eigenvalue weighted by Crippen LogP contribution is 2.19. The van der Waals surface area contributed by atoms with Gasteiger partial charge in [-0.1, -0.05) is 0 Å². The van der Waals surface area contributed by atoms with Crippen molar-refractivity contribution in [2.24, 2.45) is 0 Å². The second-order valence-corrected chi connectivity index (χ2v) is 7.29. The zero-order valence-corrected chi connectivity index (χ0v) is 17.9. The van der Waals surface area contributed by atoms with E-state index in [1.54, 1.807) is 23.1 Å². The van der Waals surface area contributed by atoms with Gasteiger partial charge in [-0.05, 0) is 18.2 Å². The molecule has 1 aliphatic heterocycles. The van der Waals surface area contributed by atoms with E-state index in [0.717, 1.165) is 18.8 Å². The fraction of sp³-hybridized carbons (Fsp3) is 0.333. The summed E-state index contributed by atoms with van der Waals surface area (Å²) in [6.07, 6.45) is 5.06. The maximum Gasteiger partial charge on any atom is 0.409 e. The molecule has 3 aromatic heterocycles. The zero-order chi connectivity index (χ0) is 22.5. The molecule has 1 aliphatic rings. The van der Waals surface area contributed by atoms with Crippen molar-refractivity contribution in [3.63, 3.8) is 0 Å². The first-order chi connectivity index (χ1) is 15.6. The van der Waals surface area contributed by atoms with Crippen molar-refractivity contribution < 1.29 is 19.1 Å². The Bertz CT molecular complexity index is 1090. The number of amides is 3. The Morgan fingerprint density at radius 2 is 1.91 bits per heavy atom. The third-order valence-corrected chi connectivity index (χ3v) is 5.17. The van der Waals surface area contributed by atoms with Gasteiger partial charge < -0.3 is 29.4 Å². The largest absolute Gasteiger partial charge is 0.481 e. The summed E-state index contributed by atoms with van der Waals surface area (Å²) in [6.45, 7) is 3.37. The average Bonchev–Trinajstić information content (AvgIpc) is 3.23. The van der Waals surface area contributed by atoms with Crippen LogP contribution in [-0.4, -0.2) is 76.7 Å². The molecule has 3 amide bonds. The average molecular weight is 439 g/mol. The Hall–Kier alpha value is -3.86. The number of carbonyl (C=O) groups is 2. The molecule has 1 saturated heterocycles. The smallest absolute Gasteiger partial charge is 0.409 e. The summed E-state index contributed by atoms with van der Waals surface area (Å²) in [4.78, 5) is 36.8.